The first-order chi connectivity index (χ1) is 20.3. The zero-order chi connectivity index (χ0) is 29.6. The van der Waals surface area contributed by atoms with E-state index in [9.17, 15) is 14.0 Å². The molecule has 0 aliphatic carbocycles. The van der Waals surface area contributed by atoms with Crippen molar-refractivity contribution in [1.82, 2.24) is 30.2 Å². The van der Waals surface area contributed by atoms with E-state index in [1.54, 1.807) is 6.07 Å². The quantitative estimate of drug-likeness (QED) is 0.203. The summed E-state index contributed by atoms with van der Waals surface area (Å²) in [6, 6.07) is 6.70. The van der Waals surface area contributed by atoms with Gasteiger partial charge in [0.2, 0.25) is 11.7 Å². The van der Waals surface area contributed by atoms with Crippen LogP contribution in [0.4, 0.5) is 14.9 Å². The summed E-state index contributed by atoms with van der Waals surface area (Å²) in [5.74, 6) is -0.900. The van der Waals surface area contributed by atoms with Gasteiger partial charge in [0.25, 0.3) is 5.91 Å². The normalized spacial score (nSPS) is 11.0. The van der Waals surface area contributed by atoms with Crippen LogP contribution in [-0.2, 0) is 4.74 Å². The number of aryl methyl sites for hydroxylation is 1. The van der Waals surface area contributed by atoms with Gasteiger partial charge in [-0.1, -0.05) is 0 Å². The largest absolute Gasteiger partial charge is 0.487 e. The molecule has 2 amide bonds. The molecule has 216 valence electrons. The van der Waals surface area contributed by atoms with Gasteiger partial charge in [-0.15, -0.1) is 11.3 Å². The van der Waals surface area contributed by atoms with Crippen molar-refractivity contribution in [2.75, 3.05) is 38.8 Å². The predicted octanol–water partition coefficient (Wildman–Crippen LogP) is 3.50. The van der Waals surface area contributed by atoms with Crippen LogP contribution in [0.5, 0.6) is 11.6 Å². The standard InChI is InChI=1S/C27H24FN7O6S/c1-14-7-16(23-19(8-14)34-22(39-2)13-30-23)26-35-18-9-17(28)20(10-21(18)42-26)40-5-6-41-27(38)33-15-11-31-24(32-12-15)25(37)29-3-4-36/h7-13,36H,3-6H2,1-2H3,(H,29,37)(H,33,38). The number of fused-ring (bicyclic) bond motifs is 2. The highest BCUT2D eigenvalue weighted by molar-refractivity contribution is 7.21. The maximum atomic E-state index is 14.8. The zero-order valence-corrected chi connectivity index (χ0v) is 23.2. The summed E-state index contributed by atoms with van der Waals surface area (Å²) in [5.41, 5.74) is 3.71. The van der Waals surface area contributed by atoms with Crippen LogP contribution in [0.1, 0.15) is 16.2 Å². The van der Waals surface area contributed by atoms with Gasteiger partial charge in [-0.05, 0) is 24.6 Å². The number of ether oxygens (including phenoxy) is 3. The highest BCUT2D eigenvalue weighted by Crippen LogP contribution is 2.37. The number of anilines is 1. The Balaban J connectivity index is 1.20. The van der Waals surface area contributed by atoms with Crippen molar-refractivity contribution in [2.45, 2.75) is 6.92 Å². The molecule has 0 spiro atoms. The fourth-order valence-corrected chi connectivity index (χ4v) is 4.86. The summed E-state index contributed by atoms with van der Waals surface area (Å²) in [5, 5.41) is 14.2. The van der Waals surface area contributed by atoms with Crippen molar-refractivity contribution in [2.24, 2.45) is 0 Å². The number of aliphatic hydroxyl groups excluding tert-OH is 1. The van der Waals surface area contributed by atoms with Crippen molar-refractivity contribution in [1.29, 1.82) is 0 Å². The third-order valence-electron chi connectivity index (χ3n) is 5.72. The topological polar surface area (TPSA) is 171 Å². The van der Waals surface area contributed by atoms with Crippen LogP contribution in [0.25, 0.3) is 31.8 Å². The smallest absolute Gasteiger partial charge is 0.411 e. The monoisotopic (exact) mass is 593 g/mol. The molecule has 0 atom stereocenters. The minimum atomic E-state index is -0.811. The first kappa shape index (κ1) is 28.5. The highest BCUT2D eigenvalue weighted by Gasteiger charge is 2.16. The van der Waals surface area contributed by atoms with Crippen molar-refractivity contribution >= 4 is 50.3 Å². The Morgan fingerprint density at radius 3 is 2.60 bits per heavy atom. The van der Waals surface area contributed by atoms with Crippen LogP contribution in [0.3, 0.4) is 0 Å². The van der Waals surface area contributed by atoms with Gasteiger partial charge in [0.1, 0.15) is 18.2 Å². The summed E-state index contributed by atoms with van der Waals surface area (Å²) >= 11 is 1.36. The molecule has 3 aromatic heterocycles. The summed E-state index contributed by atoms with van der Waals surface area (Å²) in [6.07, 6.45) is 3.19. The molecule has 3 N–H and O–H groups in total. The average Bonchev–Trinajstić information content (AvgIpc) is 3.40. The second-order valence-electron chi connectivity index (χ2n) is 8.75. The molecule has 0 aliphatic heterocycles. The van der Waals surface area contributed by atoms with E-state index < -0.39 is 17.8 Å². The molecule has 13 nitrogen and oxygen atoms in total. The van der Waals surface area contributed by atoms with Crippen LogP contribution < -0.4 is 20.1 Å². The van der Waals surface area contributed by atoms with Crippen LogP contribution in [-0.4, -0.2) is 75.5 Å². The lowest BCUT2D eigenvalue weighted by Gasteiger charge is -2.09. The van der Waals surface area contributed by atoms with Crippen LogP contribution >= 0.6 is 11.3 Å². The third-order valence-corrected chi connectivity index (χ3v) is 6.77. The van der Waals surface area contributed by atoms with Gasteiger partial charge in [-0.25, -0.2) is 34.1 Å². The molecule has 0 unspecified atom stereocenters. The Morgan fingerprint density at radius 1 is 1.02 bits per heavy atom. The first-order valence-corrected chi connectivity index (χ1v) is 13.4. The number of aliphatic hydroxyl groups is 1. The summed E-state index contributed by atoms with van der Waals surface area (Å²) in [4.78, 5) is 45.1. The molecular weight excluding hydrogens is 569 g/mol. The molecule has 0 aliphatic rings. The SMILES string of the molecule is COc1cnc2c(-c3nc4cc(F)c(OCCOC(=O)Nc5cnc(C(=O)NCCO)nc5)cc4s3)cc(C)cc2n1. The van der Waals surface area contributed by atoms with E-state index in [1.807, 2.05) is 19.1 Å². The minimum absolute atomic E-state index is 0.0104. The molecule has 2 aromatic carbocycles. The number of nitrogens with one attached hydrogen (secondary N) is 2. The minimum Gasteiger partial charge on any atom is -0.487 e. The Bertz CT molecular complexity index is 1770. The van der Waals surface area contributed by atoms with Gasteiger partial charge in [-0.3, -0.25) is 10.1 Å². The lowest BCUT2D eigenvalue weighted by atomic mass is 10.1. The summed E-state index contributed by atoms with van der Waals surface area (Å²) < 4.78 is 31.3. The molecule has 5 rings (SSSR count). The van der Waals surface area contributed by atoms with Gasteiger partial charge in [0.15, 0.2) is 11.6 Å². The molecular formula is C27H24FN7O6S. The van der Waals surface area contributed by atoms with Crippen molar-refractivity contribution < 1.29 is 33.3 Å². The number of nitrogens with zero attached hydrogens (tertiary/aromatic N) is 5. The molecule has 3 heterocycles. The van der Waals surface area contributed by atoms with E-state index in [2.05, 4.69) is 35.6 Å². The number of carbonyl (C=O) groups excluding carboxylic acids is 2. The number of hydrogen-bond acceptors (Lipinski definition) is 12. The maximum Gasteiger partial charge on any atom is 0.411 e. The average molecular weight is 594 g/mol. The molecule has 42 heavy (non-hydrogen) atoms. The van der Waals surface area contributed by atoms with Crippen LogP contribution in [0.15, 0.2) is 42.9 Å². The predicted molar refractivity (Wildman–Crippen MR) is 151 cm³/mol. The van der Waals surface area contributed by atoms with E-state index in [4.69, 9.17) is 19.3 Å². The van der Waals surface area contributed by atoms with Gasteiger partial charge in [-0.2, -0.15) is 0 Å². The summed E-state index contributed by atoms with van der Waals surface area (Å²) in [7, 11) is 1.52. The highest BCUT2D eigenvalue weighted by atomic mass is 32.1. The molecule has 0 fully saturated rings. The second-order valence-corrected chi connectivity index (χ2v) is 9.78. The molecule has 0 radical (unpaired) electrons. The molecule has 0 saturated carbocycles. The maximum absolute atomic E-state index is 14.8. The van der Waals surface area contributed by atoms with E-state index in [0.717, 1.165) is 11.1 Å². The Hall–Kier alpha value is -5.02. The van der Waals surface area contributed by atoms with Gasteiger partial charge >= 0.3 is 6.09 Å². The Kier molecular flexibility index (Phi) is 8.59. The number of aromatic nitrogens is 5. The fraction of sp³-hybridized carbons (Fsp3) is 0.222. The number of halogens is 1. The van der Waals surface area contributed by atoms with Gasteiger partial charge in [0.05, 0.1) is 59.2 Å². The Labute approximate surface area is 241 Å². The van der Waals surface area contributed by atoms with Crippen molar-refractivity contribution in [3.8, 4) is 22.2 Å². The number of amides is 2. The Morgan fingerprint density at radius 2 is 1.83 bits per heavy atom. The molecule has 15 heteroatoms. The van der Waals surface area contributed by atoms with E-state index in [0.29, 0.717) is 32.1 Å². The number of hydrogen-bond donors (Lipinski definition) is 3. The van der Waals surface area contributed by atoms with Crippen molar-refractivity contribution in [3.63, 3.8) is 0 Å². The van der Waals surface area contributed by atoms with Crippen LogP contribution in [0, 0.1) is 12.7 Å². The number of carbonyl (C=O) groups is 2. The van der Waals surface area contributed by atoms with E-state index >= 15 is 0 Å². The lowest BCUT2D eigenvalue weighted by molar-refractivity contribution is 0.0934. The van der Waals surface area contributed by atoms with E-state index in [1.165, 1.54) is 43.1 Å². The number of rotatable bonds is 10. The lowest BCUT2D eigenvalue weighted by Crippen LogP contribution is -2.28. The second kappa shape index (κ2) is 12.7. The first-order valence-electron chi connectivity index (χ1n) is 12.5. The summed E-state index contributed by atoms with van der Waals surface area (Å²) in [6.45, 7) is 1.51. The molecule has 0 bridgehead atoms. The molecule has 0 saturated heterocycles. The van der Waals surface area contributed by atoms with Crippen LogP contribution in [0.2, 0.25) is 0 Å². The number of thiazole rings is 1. The zero-order valence-electron chi connectivity index (χ0n) is 22.4. The van der Waals surface area contributed by atoms with Gasteiger partial charge < -0.3 is 24.6 Å². The fourth-order valence-electron chi connectivity index (χ4n) is 3.86. The number of benzene rings is 2. The number of methoxy groups -OCH3 is 1. The third kappa shape index (κ3) is 6.47. The van der Waals surface area contributed by atoms with Gasteiger partial charge in [0, 0.05) is 24.2 Å². The van der Waals surface area contributed by atoms with Crippen molar-refractivity contribution in [3.05, 3.63) is 60.1 Å². The molecule has 5 aromatic rings. The van der Waals surface area contributed by atoms with E-state index in [-0.39, 0.29) is 43.6 Å².